The minimum Gasteiger partial charge on any atom is -0.459 e. The van der Waals surface area contributed by atoms with Gasteiger partial charge in [-0.05, 0) is 32.0 Å². The van der Waals surface area contributed by atoms with E-state index in [0.717, 1.165) is 4.57 Å². The fourth-order valence-electron chi connectivity index (χ4n) is 2.43. The molecule has 2 heterocycles. The lowest BCUT2D eigenvalue weighted by molar-refractivity contribution is -0.141. The lowest BCUT2D eigenvalue weighted by Gasteiger charge is -2.12. The van der Waals surface area contributed by atoms with Crippen LogP contribution in [0.3, 0.4) is 0 Å². The van der Waals surface area contributed by atoms with Crippen LogP contribution >= 0.6 is 0 Å². The first kappa shape index (κ1) is 20.3. The maximum Gasteiger partial charge on any atom is 0.406 e. The SMILES string of the molecule is Cc1cc(C(=O)COC(=O)CNC(=O)c2ccco2)c(C)n1CC(F)(F)F. The summed E-state index contributed by atoms with van der Waals surface area (Å²) in [5.41, 5.74) is 0.450. The Morgan fingerprint density at radius 2 is 1.96 bits per heavy atom. The molecule has 0 aromatic carbocycles. The van der Waals surface area contributed by atoms with Gasteiger partial charge in [0.15, 0.2) is 12.4 Å². The third kappa shape index (κ3) is 5.47. The molecule has 0 aliphatic carbocycles. The minimum atomic E-state index is -4.42. The van der Waals surface area contributed by atoms with Crippen molar-refractivity contribution in [2.24, 2.45) is 0 Å². The van der Waals surface area contributed by atoms with Crippen LogP contribution in [-0.4, -0.2) is 41.6 Å². The van der Waals surface area contributed by atoms with Gasteiger partial charge in [0.1, 0.15) is 13.1 Å². The Hall–Kier alpha value is -3.04. The largest absolute Gasteiger partial charge is 0.459 e. The Balaban J connectivity index is 1.89. The van der Waals surface area contributed by atoms with Crippen LogP contribution in [0.1, 0.15) is 32.3 Å². The van der Waals surface area contributed by atoms with Gasteiger partial charge in [-0.15, -0.1) is 0 Å². The molecule has 7 nitrogen and oxygen atoms in total. The number of halogens is 3. The third-order valence-electron chi connectivity index (χ3n) is 3.71. The molecule has 10 heteroatoms. The number of furan rings is 1. The molecule has 0 bridgehead atoms. The summed E-state index contributed by atoms with van der Waals surface area (Å²) in [5, 5.41) is 2.25. The second-order valence-corrected chi connectivity index (χ2v) is 5.73. The number of ether oxygens (including phenoxy) is 1. The van der Waals surface area contributed by atoms with Crippen LogP contribution in [0.25, 0.3) is 0 Å². The summed E-state index contributed by atoms with van der Waals surface area (Å²) in [7, 11) is 0. The fourth-order valence-corrected chi connectivity index (χ4v) is 2.43. The molecule has 0 atom stereocenters. The summed E-state index contributed by atoms with van der Waals surface area (Å²) < 4.78 is 48.4. The van der Waals surface area contributed by atoms with Gasteiger partial charge in [0.2, 0.25) is 5.78 Å². The van der Waals surface area contributed by atoms with Crippen molar-refractivity contribution in [2.75, 3.05) is 13.2 Å². The van der Waals surface area contributed by atoms with Gasteiger partial charge in [0.25, 0.3) is 5.91 Å². The number of hydrogen-bond acceptors (Lipinski definition) is 5. The fraction of sp³-hybridized carbons (Fsp3) is 0.353. The first-order valence-corrected chi connectivity index (χ1v) is 7.82. The number of aryl methyl sites for hydroxylation is 1. The second kappa shape index (κ2) is 8.11. The van der Waals surface area contributed by atoms with E-state index in [2.05, 4.69) is 5.32 Å². The molecule has 146 valence electrons. The highest BCUT2D eigenvalue weighted by Crippen LogP contribution is 2.23. The Labute approximate surface area is 152 Å². The molecule has 2 aromatic rings. The minimum absolute atomic E-state index is 0.0102. The normalized spacial score (nSPS) is 11.3. The summed E-state index contributed by atoms with van der Waals surface area (Å²) >= 11 is 0. The van der Waals surface area contributed by atoms with Gasteiger partial charge in [-0.2, -0.15) is 13.2 Å². The van der Waals surface area contributed by atoms with Crippen molar-refractivity contribution < 1.29 is 36.7 Å². The van der Waals surface area contributed by atoms with Crippen LogP contribution in [0, 0.1) is 13.8 Å². The van der Waals surface area contributed by atoms with E-state index >= 15 is 0 Å². The number of amides is 1. The molecule has 0 radical (unpaired) electrons. The number of nitrogens with zero attached hydrogens (tertiary/aromatic N) is 1. The highest BCUT2D eigenvalue weighted by Gasteiger charge is 2.30. The zero-order valence-corrected chi connectivity index (χ0v) is 14.6. The number of esters is 1. The van der Waals surface area contributed by atoms with E-state index < -0.39 is 43.5 Å². The van der Waals surface area contributed by atoms with Crippen LogP contribution in [0.5, 0.6) is 0 Å². The predicted octanol–water partition coefficient (Wildman–Crippen LogP) is 2.42. The molecular formula is C17H17F3N2O5. The lowest BCUT2D eigenvalue weighted by atomic mass is 10.1. The zero-order chi connectivity index (χ0) is 20.2. The van der Waals surface area contributed by atoms with Crippen LogP contribution in [0.15, 0.2) is 28.9 Å². The van der Waals surface area contributed by atoms with E-state index in [1.807, 2.05) is 0 Å². The predicted molar refractivity (Wildman–Crippen MR) is 86.3 cm³/mol. The molecule has 1 N–H and O–H groups in total. The number of nitrogens with one attached hydrogen (secondary N) is 1. The summed E-state index contributed by atoms with van der Waals surface area (Å²) in [5.74, 6) is -2.12. The number of Topliss-reactive ketones (excluding diaryl/α,β-unsaturated/α-hetero) is 1. The summed E-state index contributed by atoms with van der Waals surface area (Å²) in [6.07, 6.45) is -3.13. The molecule has 0 saturated heterocycles. The van der Waals surface area contributed by atoms with Crippen molar-refractivity contribution in [1.29, 1.82) is 0 Å². The van der Waals surface area contributed by atoms with Crippen LogP contribution in [-0.2, 0) is 16.1 Å². The molecule has 2 aromatic heterocycles. The molecule has 0 fully saturated rings. The van der Waals surface area contributed by atoms with Gasteiger partial charge >= 0.3 is 12.1 Å². The summed E-state index contributed by atoms with van der Waals surface area (Å²) in [4.78, 5) is 35.4. The third-order valence-corrected chi connectivity index (χ3v) is 3.71. The topological polar surface area (TPSA) is 90.5 Å². The van der Waals surface area contributed by atoms with Gasteiger partial charge in [-0.3, -0.25) is 14.4 Å². The van der Waals surface area contributed by atoms with Gasteiger partial charge in [-0.25, -0.2) is 0 Å². The van der Waals surface area contributed by atoms with Crippen molar-refractivity contribution in [3.8, 4) is 0 Å². The van der Waals surface area contributed by atoms with Crippen molar-refractivity contribution in [3.63, 3.8) is 0 Å². The monoisotopic (exact) mass is 386 g/mol. The first-order chi connectivity index (χ1) is 12.6. The zero-order valence-electron chi connectivity index (χ0n) is 14.6. The van der Waals surface area contributed by atoms with Gasteiger partial charge in [-0.1, -0.05) is 0 Å². The molecule has 0 aliphatic rings. The van der Waals surface area contributed by atoms with Crippen molar-refractivity contribution in [2.45, 2.75) is 26.6 Å². The molecule has 2 rings (SSSR count). The second-order valence-electron chi connectivity index (χ2n) is 5.73. The highest BCUT2D eigenvalue weighted by molar-refractivity contribution is 5.99. The number of ketones is 1. The van der Waals surface area contributed by atoms with Gasteiger partial charge < -0.3 is 19.0 Å². The lowest BCUT2D eigenvalue weighted by Crippen LogP contribution is -2.31. The first-order valence-electron chi connectivity index (χ1n) is 7.82. The maximum atomic E-state index is 12.6. The van der Waals surface area contributed by atoms with Gasteiger partial charge in [0.05, 0.1) is 6.26 Å². The smallest absolute Gasteiger partial charge is 0.406 e. The highest BCUT2D eigenvalue weighted by atomic mass is 19.4. The Kier molecular flexibility index (Phi) is 6.09. The summed E-state index contributed by atoms with van der Waals surface area (Å²) in [6.45, 7) is 0.491. The standard InChI is InChI=1S/C17H17F3N2O5/c1-10-6-12(11(2)22(10)9-17(18,19)20)13(23)8-27-15(24)7-21-16(25)14-4-3-5-26-14/h3-6H,7-9H2,1-2H3,(H,21,25). The Bertz CT molecular complexity index is 838. The van der Waals surface area contributed by atoms with Gasteiger partial charge in [0, 0.05) is 17.0 Å². The van der Waals surface area contributed by atoms with E-state index in [-0.39, 0.29) is 22.7 Å². The number of carbonyl (C=O) groups excluding carboxylic acids is 3. The molecule has 27 heavy (non-hydrogen) atoms. The molecule has 0 saturated carbocycles. The van der Waals surface area contributed by atoms with Crippen LogP contribution < -0.4 is 5.32 Å². The van der Waals surface area contributed by atoms with Crippen LogP contribution in [0.2, 0.25) is 0 Å². The number of carbonyl (C=O) groups is 3. The van der Waals surface area contributed by atoms with E-state index in [4.69, 9.17) is 9.15 Å². The Morgan fingerprint density at radius 1 is 1.26 bits per heavy atom. The van der Waals surface area contributed by atoms with E-state index in [0.29, 0.717) is 0 Å². The molecule has 0 unspecified atom stereocenters. The molecular weight excluding hydrogens is 369 g/mol. The average Bonchev–Trinajstić information content (AvgIpc) is 3.21. The van der Waals surface area contributed by atoms with Crippen LogP contribution in [0.4, 0.5) is 13.2 Å². The van der Waals surface area contributed by atoms with E-state index in [1.54, 1.807) is 0 Å². The number of aromatic nitrogens is 1. The van der Waals surface area contributed by atoms with Crippen molar-refractivity contribution in [3.05, 3.63) is 47.2 Å². The van der Waals surface area contributed by atoms with E-state index in [1.165, 1.54) is 38.3 Å². The number of rotatable bonds is 7. The summed E-state index contributed by atoms with van der Waals surface area (Å²) in [6, 6.07) is 4.22. The maximum absolute atomic E-state index is 12.6. The number of hydrogen-bond donors (Lipinski definition) is 1. The van der Waals surface area contributed by atoms with E-state index in [9.17, 15) is 27.6 Å². The molecule has 1 amide bonds. The van der Waals surface area contributed by atoms with Crippen molar-refractivity contribution >= 4 is 17.7 Å². The Morgan fingerprint density at radius 3 is 2.56 bits per heavy atom. The molecule has 0 spiro atoms. The van der Waals surface area contributed by atoms with Crippen molar-refractivity contribution in [1.82, 2.24) is 9.88 Å². The quantitative estimate of drug-likeness (QED) is 0.583. The average molecular weight is 386 g/mol. The molecule has 0 aliphatic heterocycles. The number of alkyl halides is 3.